The summed E-state index contributed by atoms with van der Waals surface area (Å²) < 4.78 is 0. The minimum Gasteiger partial charge on any atom is -0.361 e. The van der Waals surface area contributed by atoms with Gasteiger partial charge in [-0.25, -0.2) is 0 Å². The lowest BCUT2D eigenvalue weighted by atomic mass is 9.84. The first-order valence-electron chi connectivity index (χ1n) is 7.64. The van der Waals surface area contributed by atoms with Crippen LogP contribution in [-0.2, 0) is 11.2 Å². The third-order valence-corrected chi connectivity index (χ3v) is 3.69. The van der Waals surface area contributed by atoms with Crippen LogP contribution < -0.4 is 5.32 Å². The number of rotatable bonds is 5. The van der Waals surface area contributed by atoms with E-state index in [0.29, 0.717) is 0 Å². The third kappa shape index (κ3) is 3.73. The molecule has 0 unspecified atom stereocenters. The quantitative estimate of drug-likeness (QED) is 0.880. The summed E-state index contributed by atoms with van der Waals surface area (Å²) in [6, 6.07) is 8.36. The SMILES string of the molecule is CC(C)N[C@@H](Cc1c[nH]c2ccccc12)C(=O)C(C)(C)C. The van der Waals surface area contributed by atoms with Gasteiger partial charge in [0.25, 0.3) is 0 Å². The van der Waals surface area contributed by atoms with Crippen LogP contribution in [0.2, 0.25) is 0 Å². The number of aromatic nitrogens is 1. The zero-order chi connectivity index (χ0) is 15.6. The van der Waals surface area contributed by atoms with E-state index in [-0.39, 0.29) is 23.3 Å². The van der Waals surface area contributed by atoms with E-state index in [1.807, 2.05) is 39.1 Å². The van der Waals surface area contributed by atoms with E-state index in [2.05, 4.69) is 36.3 Å². The molecule has 0 saturated carbocycles. The number of nitrogens with one attached hydrogen (secondary N) is 2. The normalized spacial score (nSPS) is 13.8. The van der Waals surface area contributed by atoms with Crippen molar-refractivity contribution in [2.45, 2.75) is 53.1 Å². The fourth-order valence-electron chi connectivity index (χ4n) is 2.67. The molecule has 0 amide bonds. The molecule has 21 heavy (non-hydrogen) atoms. The fraction of sp³-hybridized carbons (Fsp3) is 0.500. The lowest BCUT2D eigenvalue weighted by Gasteiger charge is -2.27. The van der Waals surface area contributed by atoms with Crippen molar-refractivity contribution in [3.05, 3.63) is 36.0 Å². The molecule has 0 fully saturated rings. The number of aromatic amines is 1. The Balaban J connectivity index is 2.28. The number of ketones is 1. The first-order chi connectivity index (χ1) is 9.79. The minimum atomic E-state index is -0.335. The number of benzene rings is 1. The van der Waals surface area contributed by atoms with E-state index >= 15 is 0 Å². The summed E-state index contributed by atoms with van der Waals surface area (Å²) in [5.74, 6) is 0.265. The summed E-state index contributed by atoms with van der Waals surface area (Å²) >= 11 is 0. The summed E-state index contributed by atoms with van der Waals surface area (Å²) in [6.45, 7) is 10.1. The lowest BCUT2D eigenvalue weighted by Crippen LogP contribution is -2.47. The second-order valence-electron chi connectivity index (χ2n) is 7.05. The Labute approximate surface area is 127 Å². The predicted octanol–water partition coefficient (Wildman–Crippen LogP) is 3.69. The van der Waals surface area contributed by atoms with Gasteiger partial charge >= 0.3 is 0 Å². The van der Waals surface area contributed by atoms with E-state index in [4.69, 9.17) is 0 Å². The van der Waals surface area contributed by atoms with Gasteiger partial charge in [-0.15, -0.1) is 0 Å². The number of hydrogen-bond donors (Lipinski definition) is 2. The second kappa shape index (κ2) is 6.02. The van der Waals surface area contributed by atoms with Gasteiger partial charge in [-0.1, -0.05) is 52.8 Å². The average Bonchev–Trinajstić information content (AvgIpc) is 2.79. The van der Waals surface area contributed by atoms with Crippen LogP contribution in [0.5, 0.6) is 0 Å². The molecule has 0 radical (unpaired) electrons. The molecule has 2 N–H and O–H groups in total. The van der Waals surface area contributed by atoms with Crippen LogP contribution in [0.15, 0.2) is 30.5 Å². The van der Waals surface area contributed by atoms with Crippen LogP contribution in [0.1, 0.15) is 40.2 Å². The summed E-state index contributed by atoms with van der Waals surface area (Å²) in [6.07, 6.45) is 2.74. The van der Waals surface area contributed by atoms with Gasteiger partial charge in [-0.2, -0.15) is 0 Å². The number of hydrogen-bond acceptors (Lipinski definition) is 2. The van der Waals surface area contributed by atoms with E-state index < -0.39 is 0 Å². The molecule has 3 nitrogen and oxygen atoms in total. The highest BCUT2D eigenvalue weighted by Crippen LogP contribution is 2.23. The third-order valence-electron chi connectivity index (χ3n) is 3.69. The molecule has 0 bridgehead atoms. The zero-order valence-corrected chi connectivity index (χ0v) is 13.7. The van der Waals surface area contributed by atoms with Crippen molar-refractivity contribution in [1.29, 1.82) is 0 Å². The highest BCUT2D eigenvalue weighted by molar-refractivity contribution is 5.90. The Morgan fingerprint density at radius 1 is 1.24 bits per heavy atom. The van der Waals surface area contributed by atoms with Crippen molar-refractivity contribution >= 4 is 16.7 Å². The number of fused-ring (bicyclic) bond motifs is 1. The van der Waals surface area contributed by atoms with E-state index in [0.717, 1.165) is 11.9 Å². The van der Waals surface area contributed by atoms with Gasteiger partial charge < -0.3 is 10.3 Å². The molecule has 1 aromatic carbocycles. The first kappa shape index (κ1) is 15.8. The van der Waals surface area contributed by atoms with Gasteiger partial charge in [0.1, 0.15) is 0 Å². The Bertz CT molecular complexity index is 619. The Morgan fingerprint density at radius 3 is 2.52 bits per heavy atom. The van der Waals surface area contributed by atoms with Gasteiger partial charge in [-0.05, 0) is 18.1 Å². The zero-order valence-electron chi connectivity index (χ0n) is 13.7. The molecular formula is C18H26N2O. The molecule has 0 aliphatic heterocycles. The Hall–Kier alpha value is -1.61. The van der Waals surface area contributed by atoms with Gasteiger partial charge in [0.15, 0.2) is 5.78 Å². The molecule has 0 aliphatic carbocycles. The van der Waals surface area contributed by atoms with E-state index in [1.54, 1.807) is 0 Å². The maximum absolute atomic E-state index is 12.7. The van der Waals surface area contributed by atoms with Gasteiger partial charge in [0.05, 0.1) is 6.04 Å². The highest BCUT2D eigenvalue weighted by Gasteiger charge is 2.30. The Morgan fingerprint density at radius 2 is 1.90 bits per heavy atom. The molecule has 0 saturated heterocycles. The summed E-state index contributed by atoms with van der Waals surface area (Å²) in [5, 5.41) is 4.63. The number of carbonyl (C=O) groups is 1. The summed E-state index contributed by atoms with van der Waals surface area (Å²) in [7, 11) is 0. The van der Waals surface area contributed by atoms with Crippen LogP contribution >= 0.6 is 0 Å². The summed E-state index contributed by atoms with van der Waals surface area (Å²) in [5.41, 5.74) is 1.99. The van der Waals surface area contributed by atoms with Gasteiger partial charge in [0.2, 0.25) is 0 Å². The predicted molar refractivity (Wildman–Crippen MR) is 88.5 cm³/mol. The molecule has 1 heterocycles. The molecule has 1 atom stereocenters. The van der Waals surface area contributed by atoms with E-state index in [1.165, 1.54) is 10.9 Å². The number of para-hydroxylation sites is 1. The largest absolute Gasteiger partial charge is 0.361 e. The first-order valence-corrected chi connectivity index (χ1v) is 7.64. The molecule has 0 spiro atoms. The second-order valence-corrected chi connectivity index (χ2v) is 7.05. The highest BCUT2D eigenvalue weighted by atomic mass is 16.1. The Kier molecular flexibility index (Phi) is 4.52. The van der Waals surface area contributed by atoms with Crippen LogP contribution in [0.25, 0.3) is 10.9 Å². The lowest BCUT2D eigenvalue weighted by molar-refractivity contribution is -0.128. The van der Waals surface area contributed by atoms with Gasteiger partial charge in [0, 0.05) is 28.6 Å². The summed E-state index contributed by atoms with van der Waals surface area (Å²) in [4.78, 5) is 16.0. The van der Waals surface area contributed by atoms with Crippen molar-refractivity contribution in [2.24, 2.45) is 5.41 Å². The maximum Gasteiger partial charge on any atom is 0.155 e. The molecule has 0 aliphatic rings. The smallest absolute Gasteiger partial charge is 0.155 e. The van der Waals surface area contributed by atoms with Crippen molar-refractivity contribution in [2.75, 3.05) is 0 Å². The average molecular weight is 286 g/mol. The standard InChI is InChI=1S/C18H26N2O/c1-12(2)20-16(17(21)18(3,4)5)10-13-11-19-15-9-7-6-8-14(13)15/h6-9,11-12,16,19-20H,10H2,1-5H3/t16-/m0/s1. The van der Waals surface area contributed by atoms with Crippen molar-refractivity contribution < 1.29 is 4.79 Å². The number of H-pyrrole nitrogens is 1. The fourth-order valence-corrected chi connectivity index (χ4v) is 2.67. The molecule has 2 rings (SSSR count). The maximum atomic E-state index is 12.7. The van der Waals surface area contributed by atoms with Crippen LogP contribution in [0.3, 0.4) is 0 Å². The molecule has 2 aromatic rings. The van der Waals surface area contributed by atoms with Crippen molar-refractivity contribution in [1.82, 2.24) is 10.3 Å². The topological polar surface area (TPSA) is 44.9 Å². The van der Waals surface area contributed by atoms with Gasteiger partial charge in [-0.3, -0.25) is 4.79 Å². The van der Waals surface area contributed by atoms with Crippen molar-refractivity contribution in [3.8, 4) is 0 Å². The molecule has 1 aromatic heterocycles. The van der Waals surface area contributed by atoms with Crippen LogP contribution in [-0.4, -0.2) is 22.9 Å². The monoisotopic (exact) mass is 286 g/mol. The van der Waals surface area contributed by atoms with Crippen LogP contribution in [0, 0.1) is 5.41 Å². The number of carbonyl (C=O) groups excluding carboxylic acids is 1. The van der Waals surface area contributed by atoms with Crippen molar-refractivity contribution in [3.63, 3.8) is 0 Å². The number of Topliss-reactive ketones (excluding diaryl/α,β-unsaturated/α-hetero) is 1. The molecular weight excluding hydrogens is 260 g/mol. The molecule has 114 valence electrons. The van der Waals surface area contributed by atoms with Crippen LogP contribution in [0.4, 0.5) is 0 Å². The van der Waals surface area contributed by atoms with E-state index in [9.17, 15) is 4.79 Å². The minimum absolute atomic E-state index is 0.149. The molecule has 3 heteroatoms.